The summed E-state index contributed by atoms with van der Waals surface area (Å²) in [5.74, 6) is -0.417. The summed E-state index contributed by atoms with van der Waals surface area (Å²) in [6, 6.07) is 0.0702. The first-order valence-corrected chi connectivity index (χ1v) is 6.01. The van der Waals surface area contributed by atoms with Gasteiger partial charge in [-0.1, -0.05) is 13.8 Å². The lowest BCUT2D eigenvalue weighted by molar-refractivity contribution is -0.141. The van der Waals surface area contributed by atoms with Gasteiger partial charge in [-0.05, 0) is 31.6 Å². The molecule has 1 saturated carbocycles. The van der Waals surface area contributed by atoms with E-state index in [4.69, 9.17) is 5.11 Å². The lowest BCUT2D eigenvalue weighted by Gasteiger charge is -2.12. The second-order valence-electron chi connectivity index (χ2n) is 5.05. The van der Waals surface area contributed by atoms with Crippen LogP contribution in [0.5, 0.6) is 0 Å². The third kappa shape index (κ3) is 4.21. The molecular formula is C12H21NO3. The van der Waals surface area contributed by atoms with Gasteiger partial charge in [-0.15, -0.1) is 0 Å². The average molecular weight is 227 g/mol. The first-order chi connectivity index (χ1) is 7.49. The minimum Gasteiger partial charge on any atom is -0.481 e. The lowest BCUT2D eigenvalue weighted by atomic mass is 10.1. The van der Waals surface area contributed by atoms with Crippen molar-refractivity contribution in [2.24, 2.45) is 11.8 Å². The highest BCUT2D eigenvalue weighted by Crippen LogP contribution is 2.25. The maximum atomic E-state index is 11.5. The molecule has 1 aliphatic rings. The van der Waals surface area contributed by atoms with Crippen LogP contribution in [-0.2, 0) is 9.59 Å². The highest BCUT2D eigenvalue weighted by Gasteiger charge is 2.30. The Balaban J connectivity index is 2.23. The van der Waals surface area contributed by atoms with Crippen molar-refractivity contribution in [1.82, 2.24) is 5.32 Å². The number of aliphatic carboxylic acids is 1. The Morgan fingerprint density at radius 1 is 1.38 bits per heavy atom. The molecule has 0 aromatic carbocycles. The smallest absolute Gasteiger partial charge is 0.306 e. The monoisotopic (exact) mass is 227 g/mol. The zero-order valence-electron chi connectivity index (χ0n) is 10.0. The zero-order valence-corrected chi connectivity index (χ0v) is 10.0. The van der Waals surface area contributed by atoms with E-state index in [1.807, 2.05) is 0 Å². The Kier molecular flexibility index (Phi) is 4.77. The third-order valence-electron chi connectivity index (χ3n) is 3.10. The molecule has 1 amide bonds. The van der Waals surface area contributed by atoms with Gasteiger partial charge in [0.2, 0.25) is 5.91 Å². The number of carboxylic acids is 1. The highest BCUT2D eigenvalue weighted by molar-refractivity contribution is 5.76. The summed E-state index contributed by atoms with van der Waals surface area (Å²) in [5.41, 5.74) is 0. The van der Waals surface area contributed by atoms with Gasteiger partial charge in [0.1, 0.15) is 0 Å². The molecule has 0 radical (unpaired) electrons. The van der Waals surface area contributed by atoms with Crippen molar-refractivity contribution in [3.8, 4) is 0 Å². The van der Waals surface area contributed by atoms with E-state index < -0.39 is 5.97 Å². The number of hydrogen-bond donors (Lipinski definition) is 2. The molecule has 1 fully saturated rings. The van der Waals surface area contributed by atoms with Crippen LogP contribution in [0.3, 0.4) is 0 Å². The Hall–Kier alpha value is -1.06. The van der Waals surface area contributed by atoms with Crippen LogP contribution in [0.25, 0.3) is 0 Å². The summed E-state index contributed by atoms with van der Waals surface area (Å²) in [7, 11) is 0. The Morgan fingerprint density at radius 2 is 2.06 bits per heavy atom. The molecule has 0 heterocycles. The van der Waals surface area contributed by atoms with E-state index >= 15 is 0 Å². The number of carbonyl (C=O) groups is 2. The van der Waals surface area contributed by atoms with Crippen molar-refractivity contribution in [2.45, 2.75) is 52.0 Å². The maximum Gasteiger partial charge on any atom is 0.306 e. The van der Waals surface area contributed by atoms with Gasteiger partial charge >= 0.3 is 5.97 Å². The second-order valence-corrected chi connectivity index (χ2v) is 5.05. The van der Waals surface area contributed by atoms with Gasteiger partial charge in [-0.25, -0.2) is 0 Å². The summed E-state index contributed by atoms with van der Waals surface area (Å²) in [6.45, 7) is 4.17. The summed E-state index contributed by atoms with van der Waals surface area (Å²) in [6.07, 6.45) is 3.50. The SMILES string of the molecule is CC(C)CCC(=O)N[C@H]1CC[C@@H](C(=O)O)C1. The number of carbonyl (C=O) groups excluding carboxylic acids is 1. The summed E-state index contributed by atoms with van der Waals surface area (Å²) >= 11 is 0. The molecule has 0 aliphatic heterocycles. The topological polar surface area (TPSA) is 66.4 Å². The highest BCUT2D eigenvalue weighted by atomic mass is 16.4. The minimum atomic E-state index is -0.737. The fourth-order valence-corrected chi connectivity index (χ4v) is 2.06. The van der Waals surface area contributed by atoms with Gasteiger partial charge < -0.3 is 10.4 Å². The zero-order chi connectivity index (χ0) is 12.1. The van der Waals surface area contributed by atoms with Crippen LogP contribution >= 0.6 is 0 Å². The summed E-state index contributed by atoms with van der Waals surface area (Å²) in [4.78, 5) is 22.3. The normalized spacial score (nSPS) is 24.7. The first kappa shape index (κ1) is 13.0. The predicted molar refractivity (Wildman–Crippen MR) is 61.0 cm³/mol. The van der Waals surface area contributed by atoms with Crippen LogP contribution in [0.15, 0.2) is 0 Å². The van der Waals surface area contributed by atoms with Crippen molar-refractivity contribution in [3.05, 3.63) is 0 Å². The Bertz CT molecular complexity index is 263. The number of carboxylic acid groups (broad SMARTS) is 1. The molecule has 1 rings (SSSR count). The molecule has 2 N–H and O–H groups in total. The molecule has 92 valence electrons. The van der Waals surface area contributed by atoms with Gasteiger partial charge in [-0.2, -0.15) is 0 Å². The van der Waals surface area contributed by atoms with Crippen molar-refractivity contribution in [1.29, 1.82) is 0 Å². The van der Waals surface area contributed by atoms with Gasteiger partial charge in [0.05, 0.1) is 5.92 Å². The number of amides is 1. The number of rotatable bonds is 5. The predicted octanol–water partition coefficient (Wildman–Crippen LogP) is 1.79. The Morgan fingerprint density at radius 3 is 2.56 bits per heavy atom. The fraction of sp³-hybridized carbons (Fsp3) is 0.833. The van der Waals surface area contributed by atoms with Gasteiger partial charge in [0.15, 0.2) is 0 Å². The molecule has 1 aliphatic carbocycles. The van der Waals surface area contributed by atoms with E-state index in [9.17, 15) is 9.59 Å². The van der Waals surface area contributed by atoms with E-state index in [-0.39, 0.29) is 17.9 Å². The number of hydrogen-bond acceptors (Lipinski definition) is 2. The summed E-state index contributed by atoms with van der Waals surface area (Å²) in [5, 5.41) is 11.7. The molecular weight excluding hydrogens is 206 g/mol. The van der Waals surface area contributed by atoms with Crippen LogP contribution in [-0.4, -0.2) is 23.0 Å². The molecule has 0 saturated heterocycles. The van der Waals surface area contributed by atoms with Crippen LogP contribution in [0, 0.1) is 11.8 Å². The van der Waals surface area contributed by atoms with Crippen LogP contribution in [0.1, 0.15) is 46.0 Å². The third-order valence-corrected chi connectivity index (χ3v) is 3.10. The molecule has 2 atom stereocenters. The molecule has 16 heavy (non-hydrogen) atoms. The average Bonchev–Trinajstić information content (AvgIpc) is 2.63. The standard InChI is InChI=1S/C12H21NO3/c1-8(2)3-6-11(14)13-10-5-4-9(7-10)12(15)16/h8-10H,3-7H2,1-2H3,(H,13,14)(H,15,16)/t9-,10+/m1/s1. The maximum absolute atomic E-state index is 11.5. The van der Waals surface area contributed by atoms with E-state index in [0.29, 0.717) is 25.2 Å². The molecule has 4 nitrogen and oxygen atoms in total. The van der Waals surface area contributed by atoms with Crippen LogP contribution < -0.4 is 5.32 Å². The molecule has 0 unspecified atom stereocenters. The van der Waals surface area contributed by atoms with E-state index in [1.54, 1.807) is 0 Å². The lowest BCUT2D eigenvalue weighted by Crippen LogP contribution is -2.33. The van der Waals surface area contributed by atoms with Gasteiger partial charge in [-0.3, -0.25) is 9.59 Å². The molecule has 0 spiro atoms. The van der Waals surface area contributed by atoms with Gasteiger partial charge in [0.25, 0.3) is 0 Å². The fourth-order valence-electron chi connectivity index (χ4n) is 2.06. The van der Waals surface area contributed by atoms with Crippen molar-refractivity contribution >= 4 is 11.9 Å². The minimum absolute atomic E-state index is 0.0599. The molecule has 0 bridgehead atoms. The number of nitrogens with one attached hydrogen (secondary N) is 1. The quantitative estimate of drug-likeness (QED) is 0.752. The van der Waals surface area contributed by atoms with Crippen LogP contribution in [0.4, 0.5) is 0 Å². The Labute approximate surface area is 96.4 Å². The van der Waals surface area contributed by atoms with Crippen molar-refractivity contribution in [2.75, 3.05) is 0 Å². The van der Waals surface area contributed by atoms with Crippen molar-refractivity contribution in [3.63, 3.8) is 0 Å². The largest absolute Gasteiger partial charge is 0.481 e. The van der Waals surface area contributed by atoms with E-state index in [0.717, 1.165) is 12.8 Å². The van der Waals surface area contributed by atoms with E-state index in [2.05, 4.69) is 19.2 Å². The van der Waals surface area contributed by atoms with Crippen LogP contribution in [0.2, 0.25) is 0 Å². The van der Waals surface area contributed by atoms with E-state index in [1.165, 1.54) is 0 Å². The molecule has 0 aromatic rings. The first-order valence-electron chi connectivity index (χ1n) is 6.01. The van der Waals surface area contributed by atoms with Crippen molar-refractivity contribution < 1.29 is 14.7 Å². The molecule has 4 heteroatoms. The second kappa shape index (κ2) is 5.87. The van der Waals surface area contributed by atoms with Gasteiger partial charge in [0, 0.05) is 12.5 Å². The summed E-state index contributed by atoms with van der Waals surface area (Å²) < 4.78 is 0. The molecule has 0 aromatic heterocycles.